The zero-order valence-corrected chi connectivity index (χ0v) is 15.6. The summed E-state index contributed by atoms with van der Waals surface area (Å²) >= 11 is 1.34. The molecule has 1 aromatic rings. The molecule has 0 bridgehead atoms. The van der Waals surface area contributed by atoms with E-state index in [2.05, 4.69) is 15.6 Å². The Morgan fingerprint density at radius 1 is 1.19 bits per heavy atom. The number of hydrogen-bond donors (Lipinski definition) is 2. The number of anilines is 1. The topological polar surface area (TPSA) is 87.6 Å². The molecular formula is C19H23N3O3S. The van der Waals surface area contributed by atoms with Crippen LogP contribution in [0, 0.1) is 0 Å². The second-order valence-corrected chi connectivity index (χ2v) is 7.90. The van der Waals surface area contributed by atoms with E-state index in [1.54, 1.807) is 24.3 Å². The molecule has 2 amide bonds. The lowest BCUT2D eigenvalue weighted by Crippen LogP contribution is -2.28. The van der Waals surface area contributed by atoms with Crippen LogP contribution in [-0.2, 0) is 9.59 Å². The van der Waals surface area contributed by atoms with Gasteiger partial charge in [-0.3, -0.25) is 19.4 Å². The lowest BCUT2D eigenvalue weighted by molar-refractivity contribution is -0.122. The van der Waals surface area contributed by atoms with Gasteiger partial charge in [0.05, 0.1) is 6.04 Å². The highest BCUT2D eigenvalue weighted by Gasteiger charge is 2.32. The summed E-state index contributed by atoms with van der Waals surface area (Å²) in [5, 5.41) is 5.76. The SMILES string of the molecule is CC(=O)c1ccc(NC(=O)C[C@@H]2SC(=NC3CCCCC3)NC2=O)cc1. The fourth-order valence-electron chi connectivity index (χ4n) is 3.15. The third-order valence-electron chi connectivity index (χ3n) is 4.60. The van der Waals surface area contributed by atoms with Crippen LogP contribution >= 0.6 is 11.8 Å². The lowest BCUT2D eigenvalue weighted by Gasteiger charge is -2.17. The molecule has 0 aromatic heterocycles. The Bertz CT molecular complexity index is 724. The largest absolute Gasteiger partial charge is 0.326 e. The van der Waals surface area contributed by atoms with E-state index >= 15 is 0 Å². The number of amides is 2. The zero-order valence-electron chi connectivity index (χ0n) is 14.8. The quantitative estimate of drug-likeness (QED) is 0.776. The summed E-state index contributed by atoms with van der Waals surface area (Å²) in [6, 6.07) is 7.01. The second-order valence-electron chi connectivity index (χ2n) is 6.71. The normalized spacial score (nSPS) is 22.3. The Labute approximate surface area is 157 Å². The Morgan fingerprint density at radius 2 is 1.88 bits per heavy atom. The predicted molar refractivity (Wildman–Crippen MR) is 104 cm³/mol. The maximum atomic E-state index is 12.2. The zero-order chi connectivity index (χ0) is 18.5. The standard InChI is InChI=1S/C19H23N3O3S/c1-12(23)13-7-9-15(10-8-13)20-17(24)11-16-18(25)22-19(26-16)21-14-5-3-2-4-6-14/h7-10,14,16H,2-6,11H2,1H3,(H,20,24)(H,21,22,25)/t16-/m0/s1. The van der Waals surface area contributed by atoms with Crippen LogP contribution in [0.25, 0.3) is 0 Å². The van der Waals surface area contributed by atoms with E-state index < -0.39 is 5.25 Å². The predicted octanol–water partition coefficient (Wildman–Crippen LogP) is 3.14. The molecule has 7 heteroatoms. The van der Waals surface area contributed by atoms with E-state index in [1.807, 2.05) is 0 Å². The number of thioether (sulfide) groups is 1. The molecule has 1 heterocycles. The van der Waals surface area contributed by atoms with Crippen LogP contribution in [0.2, 0.25) is 0 Å². The van der Waals surface area contributed by atoms with Crippen LogP contribution in [0.1, 0.15) is 55.8 Å². The van der Waals surface area contributed by atoms with E-state index in [9.17, 15) is 14.4 Å². The van der Waals surface area contributed by atoms with E-state index in [-0.39, 0.29) is 24.0 Å². The van der Waals surface area contributed by atoms with Crippen molar-refractivity contribution >= 4 is 40.2 Å². The second kappa shape index (κ2) is 8.49. The number of carbonyl (C=O) groups is 3. The highest BCUT2D eigenvalue weighted by atomic mass is 32.2. The third-order valence-corrected chi connectivity index (χ3v) is 5.69. The molecule has 1 aliphatic carbocycles. The van der Waals surface area contributed by atoms with E-state index in [0.29, 0.717) is 22.5 Å². The molecule has 3 rings (SSSR count). The molecule has 1 aromatic carbocycles. The maximum Gasteiger partial charge on any atom is 0.240 e. The van der Waals surface area contributed by atoms with Gasteiger partial charge in [-0.25, -0.2) is 0 Å². The van der Waals surface area contributed by atoms with Gasteiger partial charge >= 0.3 is 0 Å². The van der Waals surface area contributed by atoms with Crippen molar-refractivity contribution in [2.24, 2.45) is 4.99 Å². The molecule has 0 spiro atoms. The number of carbonyl (C=O) groups excluding carboxylic acids is 3. The fourth-order valence-corrected chi connectivity index (χ4v) is 4.18. The summed E-state index contributed by atoms with van der Waals surface area (Å²) in [6.07, 6.45) is 5.87. The average Bonchev–Trinajstić information content (AvgIpc) is 2.95. The molecule has 1 aliphatic heterocycles. The highest BCUT2D eigenvalue weighted by molar-refractivity contribution is 8.15. The van der Waals surface area contributed by atoms with Crippen molar-refractivity contribution in [3.8, 4) is 0 Å². The number of nitrogens with zero attached hydrogens (tertiary/aromatic N) is 1. The molecule has 1 atom stereocenters. The van der Waals surface area contributed by atoms with E-state index in [1.165, 1.54) is 37.9 Å². The number of Topliss-reactive ketones (excluding diaryl/α,β-unsaturated/α-hetero) is 1. The minimum Gasteiger partial charge on any atom is -0.326 e. The molecule has 138 valence electrons. The molecule has 1 saturated carbocycles. The van der Waals surface area contributed by atoms with Gasteiger partial charge in [0.1, 0.15) is 5.25 Å². The summed E-state index contributed by atoms with van der Waals surface area (Å²) in [7, 11) is 0. The van der Waals surface area contributed by atoms with Crippen molar-refractivity contribution in [3.05, 3.63) is 29.8 Å². The molecule has 1 saturated heterocycles. The molecule has 2 fully saturated rings. The summed E-state index contributed by atoms with van der Waals surface area (Å²) in [5.74, 6) is -0.412. The van der Waals surface area contributed by atoms with Crippen molar-refractivity contribution < 1.29 is 14.4 Å². The minimum absolute atomic E-state index is 0.0216. The molecule has 0 radical (unpaired) electrons. The van der Waals surface area contributed by atoms with Gasteiger partial charge in [0, 0.05) is 17.7 Å². The van der Waals surface area contributed by atoms with Gasteiger partial charge in [0.25, 0.3) is 0 Å². The average molecular weight is 373 g/mol. The van der Waals surface area contributed by atoms with Crippen LogP contribution in [-0.4, -0.2) is 34.1 Å². The number of hydrogen-bond acceptors (Lipinski definition) is 5. The van der Waals surface area contributed by atoms with Crippen LogP contribution in [0.5, 0.6) is 0 Å². The van der Waals surface area contributed by atoms with Gasteiger partial charge in [-0.05, 0) is 44.0 Å². The van der Waals surface area contributed by atoms with Crippen LogP contribution in [0.3, 0.4) is 0 Å². The van der Waals surface area contributed by atoms with Crippen molar-refractivity contribution in [1.29, 1.82) is 0 Å². The van der Waals surface area contributed by atoms with Crippen molar-refractivity contribution in [2.75, 3.05) is 5.32 Å². The fraction of sp³-hybridized carbons (Fsp3) is 0.474. The monoisotopic (exact) mass is 373 g/mol. The number of rotatable bonds is 5. The van der Waals surface area contributed by atoms with Gasteiger partial charge < -0.3 is 10.6 Å². The van der Waals surface area contributed by atoms with E-state index in [0.717, 1.165) is 12.8 Å². The number of ketones is 1. The molecule has 6 nitrogen and oxygen atoms in total. The Kier molecular flexibility index (Phi) is 6.08. The third kappa shape index (κ3) is 4.94. The first-order chi connectivity index (χ1) is 12.5. The van der Waals surface area contributed by atoms with Crippen LogP contribution < -0.4 is 10.6 Å². The Hall–Kier alpha value is -2.15. The molecule has 2 N–H and O–H groups in total. The number of nitrogens with one attached hydrogen (secondary N) is 2. The number of aliphatic imine (C=N–C) groups is 1. The van der Waals surface area contributed by atoms with Gasteiger partial charge in [0.2, 0.25) is 11.8 Å². The molecule has 0 unspecified atom stereocenters. The van der Waals surface area contributed by atoms with E-state index in [4.69, 9.17) is 0 Å². The molecular weight excluding hydrogens is 350 g/mol. The Balaban J connectivity index is 1.53. The lowest BCUT2D eigenvalue weighted by atomic mass is 9.96. The van der Waals surface area contributed by atoms with Gasteiger partial charge in [-0.2, -0.15) is 0 Å². The first-order valence-corrected chi connectivity index (χ1v) is 9.85. The van der Waals surface area contributed by atoms with Gasteiger partial charge in [-0.15, -0.1) is 0 Å². The first kappa shape index (κ1) is 18.6. The summed E-state index contributed by atoms with van der Waals surface area (Å²) in [5.41, 5.74) is 1.21. The van der Waals surface area contributed by atoms with Gasteiger partial charge in [0.15, 0.2) is 11.0 Å². The molecule has 2 aliphatic rings. The smallest absolute Gasteiger partial charge is 0.240 e. The first-order valence-electron chi connectivity index (χ1n) is 8.97. The Morgan fingerprint density at radius 3 is 2.54 bits per heavy atom. The van der Waals surface area contributed by atoms with Crippen LogP contribution in [0.4, 0.5) is 5.69 Å². The summed E-state index contributed by atoms with van der Waals surface area (Å²) in [6.45, 7) is 1.50. The highest BCUT2D eigenvalue weighted by Crippen LogP contribution is 2.26. The van der Waals surface area contributed by atoms with Crippen molar-refractivity contribution in [3.63, 3.8) is 0 Å². The van der Waals surface area contributed by atoms with Crippen LogP contribution in [0.15, 0.2) is 29.3 Å². The molecule has 26 heavy (non-hydrogen) atoms. The minimum atomic E-state index is -0.450. The van der Waals surface area contributed by atoms with Crippen molar-refractivity contribution in [2.45, 2.75) is 56.7 Å². The summed E-state index contributed by atoms with van der Waals surface area (Å²) in [4.78, 5) is 40.2. The number of benzene rings is 1. The summed E-state index contributed by atoms with van der Waals surface area (Å²) < 4.78 is 0. The van der Waals surface area contributed by atoms with Gasteiger partial charge in [-0.1, -0.05) is 31.0 Å². The maximum absolute atomic E-state index is 12.2. The van der Waals surface area contributed by atoms with Crippen molar-refractivity contribution in [1.82, 2.24) is 5.32 Å². The number of amidine groups is 1.